The average molecular weight is 207 g/mol. The van der Waals surface area contributed by atoms with Gasteiger partial charge in [-0.1, -0.05) is 19.8 Å². The van der Waals surface area contributed by atoms with Crippen molar-refractivity contribution in [2.75, 3.05) is 6.54 Å². The Kier molecular flexibility index (Phi) is 3.47. The fourth-order valence-corrected chi connectivity index (χ4v) is 2.03. The molecule has 15 heavy (non-hydrogen) atoms. The first kappa shape index (κ1) is 10.7. The van der Waals surface area contributed by atoms with E-state index < -0.39 is 0 Å². The highest BCUT2D eigenvalue weighted by molar-refractivity contribution is 5.18. The van der Waals surface area contributed by atoms with Crippen LogP contribution in [0, 0.1) is 12.8 Å². The highest BCUT2D eigenvalue weighted by Crippen LogP contribution is 2.38. The Morgan fingerprint density at radius 1 is 1.53 bits per heavy atom. The summed E-state index contributed by atoms with van der Waals surface area (Å²) in [7, 11) is 0. The molecule has 1 saturated carbocycles. The molecule has 84 valence electrons. The van der Waals surface area contributed by atoms with E-state index >= 15 is 0 Å². The second-order valence-electron chi connectivity index (χ2n) is 4.65. The maximum atomic E-state index is 5.59. The van der Waals surface area contributed by atoms with Gasteiger partial charge in [0.25, 0.3) is 0 Å². The molecule has 0 saturated heterocycles. The lowest BCUT2D eigenvalue weighted by Gasteiger charge is -2.16. The quantitative estimate of drug-likeness (QED) is 0.773. The summed E-state index contributed by atoms with van der Waals surface area (Å²) in [4.78, 5) is 0. The van der Waals surface area contributed by atoms with Gasteiger partial charge in [-0.2, -0.15) is 0 Å². The standard InChI is InChI=1S/C13H21NO/c1-3-7-14-12(9-11-4-5-11)13-10(2)6-8-15-13/h6,8,11-12,14H,3-5,7,9H2,1-2H3. The Morgan fingerprint density at radius 2 is 2.33 bits per heavy atom. The molecule has 0 amide bonds. The van der Waals surface area contributed by atoms with E-state index in [1.165, 1.54) is 31.2 Å². The molecule has 0 aliphatic heterocycles. The zero-order valence-electron chi connectivity index (χ0n) is 9.75. The van der Waals surface area contributed by atoms with E-state index in [9.17, 15) is 0 Å². The minimum Gasteiger partial charge on any atom is -0.467 e. The van der Waals surface area contributed by atoms with Crippen LogP contribution in [0.3, 0.4) is 0 Å². The topological polar surface area (TPSA) is 25.2 Å². The second-order valence-corrected chi connectivity index (χ2v) is 4.65. The largest absolute Gasteiger partial charge is 0.467 e. The minimum absolute atomic E-state index is 0.437. The summed E-state index contributed by atoms with van der Waals surface area (Å²) in [6.45, 7) is 5.42. The highest BCUT2D eigenvalue weighted by atomic mass is 16.3. The first-order valence-electron chi connectivity index (χ1n) is 6.08. The molecule has 2 rings (SSSR count). The smallest absolute Gasteiger partial charge is 0.123 e. The Bertz CT molecular complexity index is 301. The molecule has 1 N–H and O–H groups in total. The fourth-order valence-electron chi connectivity index (χ4n) is 2.03. The molecular weight excluding hydrogens is 186 g/mol. The van der Waals surface area contributed by atoms with Crippen molar-refractivity contribution in [2.24, 2.45) is 5.92 Å². The summed E-state index contributed by atoms with van der Waals surface area (Å²) in [5.74, 6) is 2.08. The van der Waals surface area contributed by atoms with Crippen LogP contribution in [0.2, 0.25) is 0 Å². The van der Waals surface area contributed by atoms with Crippen molar-refractivity contribution in [2.45, 2.75) is 45.6 Å². The molecule has 0 radical (unpaired) electrons. The van der Waals surface area contributed by atoms with Crippen LogP contribution < -0.4 is 5.32 Å². The van der Waals surface area contributed by atoms with Crippen LogP contribution in [-0.2, 0) is 0 Å². The van der Waals surface area contributed by atoms with Crippen LogP contribution in [0.5, 0.6) is 0 Å². The molecule has 0 aromatic carbocycles. The van der Waals surface area contributed by atoms with Gasteiger partial charge in [-0.15, -0.1) is 0 Å². The second kappa shape index (κ2) is 4.84. The molecule has 1 fully saturated rings. The molecule has 2 heteroatoms. The van der Waals surface area contributed by atoms with E-state index in [1.807, 2.05) is 0 Å². The van der Waals surface area contributed by atoms with Crippen LogP contribution in [0.1, 0.15) is 50.0 Å². The zero-order valence-corrected chi connectivity index (χ0v) is 9.75. The molecular formula is C13H21NO. The van der Waals surface area contributed by atoms with Crippen molar-refractivity contribution in [1.82, 2.24) is 5.32 Å². The van der Waals surface area contributed by atoms with Gasteiger partial charge in [0, 0.05) is 0 Å². The molecule has 1 aromatic rings. The molecule has 0 bridgehead atoms. The third-order valence-electron chi connectivity index (χ3n) is 3.12. The van der Waals surface area contributed by atoms with Crippen LogP contribution in [0.25, 0.3) is 0 Å². The maximum absolute atomic E-state index is 5.59. The molecule has 1 atom stereocenters. The van der Waals surface area contributed by atoms with Gasteiger partial charge < -0.3 is 9.73 Å². The van der Waals surface area contributed by atoms with E-state index in [2.05, 4.69) is 25.2 Å². The minimum atomic E-state index is 0.437. The molecule has 1 unspecified atom stereocenters. The summed E-state index contributed by atoms with van der Waals surface area (Å²) >= 11 is 0. The summed E-state index contributed by atoms with van der Waals surface area (Å²) in [5.41, 5.74) is 1.28. The summed E-state index contributed by atoms with van der Waals surface area (Å²) < 4.78 is 5.59. The third-order valence-corrected chi connectivity index (χ3v) is 3.12. The highest BCUT2D eigenvalue weighted by Gasteiger charge is 2.27. The number of hydrogen-bond acceptors (Lipinski definition) is 2. The van der Waals surface area contributed by atoms with Crippen molar-refractivity contribution in [3.8, 4) is 0 Å². The van der Waals surface area contributed by atoms with Gasteiger partial charge in [0.1, 0.15) is 5.76 Å². The monoisotopic (exact) mass is 207 g/mol. The van der Waals surface area contributed by atoms with E-state index in [-0.39, 0.29) is 0 Å². The Labute approximate surface area is 92.1 Å². The lowest BCUT2D eigenvalue weighted by atomic mass is 10.0. The molecule has 1 aliphatic carbocycles. The lowest BCUT2D eigenvalue weighted by Crippen LogP contribution is -2.22. The van der Waals surface area contributed by atoms with Crippen LogP contribution in [-0.4, -0.2) is 6.54 Å². The predicted molar refractivity (Wildman–Crippen MR) is 61.8 cm³/mol. The van der Waals surface area contributed by atoms with E-state index in [4.69, 9.17) is 4.42 Å². The first-order chi connectivity index (χ1) is 7.31. The van der Waals surface area contributed by atoms with Gasteiger partial charge >= 0.3 is 0 Å². The van der Waals surface area contributed by atoms with Gasteiger partial charge in [-0.05, 0) is 43.9 Å². The third kappa shape index (κ3) is 2.85. The summed E-state index contributed by atoms with van der Waals surface area (Å²) in [5, 5.41) is 3.59. The first-order valence-corrected chi connectivity index (χ1v) is 6.08. The van der Waals surface area contributed by atoms with E-state index in [0.717, 1.165) is 18.2 Å². The average Bonchev–Trinajstić information content (AvgIpc) is 2.95. The summed E-state index contributed by atoms with van der Waals surface area (Å²) in [6, 6.07) is 2.50. The van der Waals surface area contributed by atoms with Gasteiger partial charge in [-0.3, -0.25) is 0 Å². The molecule has 0 spiro atoms. The van der Waals surface area contributed by atoms with E-state index in [1.54, 1.807) is 6.26 Å². The Balaban J connectivity index is 1.99. The molecule has 2 nitrogen and oxygen atoms in total. The zero-order chi connectivity index (χ0) is 10.7. The van der Waals surface area contributed by atoms with Crippen LogP contribution in [0.15, 0.2) is 16.7 Å². The Morgan fingerprint density at radius 3 is 2.87 bits per heavy atom. The van der Waals surface area contributed by atoms with Crippen molar-refractivity contribution >= 4 is 0 Å². The van der Waals surface area contributed by atoms with Crippen LogP contribution in [0.4, 0.5) is 0 Å². The van der Waals surface area contributed by atoms with Gasteiger partial charge in [-0.25, -0.2) is 0 Å². The number of nitrogens with one attached hydrogen (secondary N) is 1. The number of aryl methyl sites for hydroxylation is 1. The van der Waals surface area contributed by atoms with Gasteiger partial charge in [0.05, 0.1) is 12.3 Å². The van der Waals surface area contributed by atoms with Crippen molar-refractivity contribution in [3.05, 3.63) is 23.7 Å². The van der Waals surface area contributed by atoms with E-state index in [0.29, 0.717) is 6.04 Å². The SMILES string of the molecule is CCCNC(CC1CC1)c1occc1C. The molecule has 1 aromatic heterocycles. The van der Waals surface area contributed by atoms with Gasteiger partial charge in [0.2, 0.25) is 0 Å². The molecule has 1 aliphatic rings. The van der Waals surface area contributed by atoms with Crippen LogP contribution >= 0.6 is 0 Å². The predicted octanol–water partition coefficient (Wildman–Crippen LogP) is 3.43. The van der Waals surface area contributed by atoms with Crippen molar-refractivity contribution < 1.29 is 4.42 Å². The number of hydrogen-bond donors (Lipinski definition) is 1. The number of rotatable bonds is 6. The number of furan rings is 1. The van der Waals surface area contributed by atoms with Crippen molar-refractivity contribution in [1.29, 1.82) is 0 Å². The summed E-state index contributed by atoms with van der Waals surface area (Å²) in [6.07, 6.45) is 7.04. The van der Waals surface area contributed by atoms with Gasteiger partial charge in [0.15, 0.2) is 0 Å². The molecule has 1 heterocycles. The normalized spacial score (nSPS) is 18.0. The Hall–Kier alpha value is -0.760. The lowest BCUT2D eigenvalue weighted by molar-refractivity contribution is 0.381. The maximum Gasteiger partial charge on any atom is 0.123 e. The van der Waals surface area contributed by atoms with Crippen molar-refractivity contribution in [3.63, 3.8) is 0 Å². The fraction of sp³-hybridized carbons (Fsp3) is 0.692.